The van der Waals surface area contributed by atoms with Crippen molar-refractivity contribution < 1.29 is 13.6 Å². The van der Waals surface area contributed by atoms with Crippen LogP contribution in [-0.4, -0.2) is 66.5 Å². The van der Waals surface area contributed by atoms with Gasteiger partial charge in [-0.3, -0.25) is 14.8 Å². The van der Waals surface area contributed by atoms with Gasteiger partial charge in [-0.25, -0.2) is 18.7 Å². The van der Waals surface area contributed by atoms with E-state index in [1.807, 2.05) is 55.7 Å². The van der Waals surface area contributed by atoms with E-state index in [2.05, 4.69) is 20.4 Å². The second kappa shape index (κ2) is 8.95. The van der Waals surface area contributed by atoms with Crippen molar-refractivity contribution in [2.45, 2.75) is 19.0 Å². The van der Waals surface area contributed by atoms with Gasteiger partial charge in [-0.15, -0.1) is 0 Å². The maximum atomic E-state index is 13.3. The highest BCUT2D eigenvalue weighted by Crippen LogP contribution is 2.34. The van der Waals surface area contributed by atoms with Gasteiger partial charge in [-0.05, 0) is 36.9 Å². The van der Waals surface area contributed by atoms with Gasteiger partial charge in [-0.1, -0.05) is 24.3 Å². The number of carbonyl (C=O) groups excluding carboxylic acids is 1. The first-order chi connectivity index (χ1) is 19.2. The number of nitrogens with zero attached hydrogens (tertiary/aromatic N) is 6. The van der Waals surface area contributed by atoms with Crippen LogP contribution in [0.15, 0.2) is 60.9 Å². The van der Waals surface area contributed by atoms with E-state index in [9.17, 15) is 13.6 Å². The maximum Gasteiger partial charge on any atom is 0.282 e. The van der Waals surface area contributed by atoms with Crippen molar-refractivity contribution in [1.29, 1.82) is 0 Å². The van der Waals surface area contributed by atoms with Gasteiger partial charge < -0.3 is 14.8 Å². The molecule has 0 atom stereocenters. The molecule has 2 aromatic carbocycles. The highest BCUT2D eigenvalue weighted by Gasteiger charge is 2.46. The Bertz CT molecular complexity index is 1750. The number of carbonyl (C=O) groups is 1. The Morgan fingerprint density at radius 2 is 1.75 bits per heavy atom. The van der Waals surface area contributed by atoms with Gasteiger partial charge in [0.25, 0.3) is 11.8 Å². The zero-order valence-corrected chi connectivity index (χ0v) is 21.9. The first-order valence-electron chi connectivity index (χ1n) is 13.0. The van der Waals surface area contributed by atoms with Crippen LogP contribution in [0.4, 0.5) is 20.3 Å². The summed E-state index contributed by atoms with van der Waals surface area (Å²) in [6, 6.07) is 15.6. The molecule has 1 saturated heterocycles. The number of halogens is 2. The molecule has 11 heteroatoms. The quantitative estimate of drug-likeness (QED) is 0.333. The van der Waals surface area contributed by atoms with E-state index in [0.717, 1.165) is 56.9 Å². The number of rotatable bonds is 5. The van der Waals surface area contributed by atoms with Crippen molar-refractivity contribution in [3.05, 3.63) is 77.9 Å². The van der Waals surface area contributed by atoms with E-state index in [0.29, 0.717) is 18.1 Å². The molecule has 1 fully saturated rings. The summed E-state index contributed by atoms with van der Waals surface area (Å²) in [5, 5.41) is 11.2. The Balaban J connectivity index is 1.22. The van der Waals surface area contributed by atoms with Crippen LogP contribution in [0.25, 0.3) is 33.4 Å². The van der Waals surface area contributed by atoms with Crippen molar-refractivity contribution in [3.63, 3.8) is 0 Å². The Kier molecular flexibility index (Phi) is 5.46. The van der Waals surface area contributed by atoms with Crippen LogP contribution in [0.2, 0.25) is 0 Å². The number of aromatic amines is 1. The molecule has 9 nitrogen and oxygen atoms in total. The SMILES string of the molecule is CN1Cc2nc(-c3ccc4cc(C(=O)N5CC(F)(F)C5)n(C)c4c3)nc(Nc3ccc(-c4cn[nH]c4)cc3)c2C1. The van der Waals surface area contributed by atoms with E-state index in [1.54, 1.807) is 23.9 Å². The minimum atomic E-state index is -2.81. The first kappa shape index (κ1) is 24.4. The fraction of sp³-hybridized carbons (Fsp3) is 0.241. The second-order valence-electron chi connectivity index (χ2n) is 10.6. The molecule has 3 aromatic heterocycles. The zero-order chi connectivity index (χ0) is 27.6. The topological polar surface area (TPSA) is 95.0 Å². The van der Waals surface area contributed by atoms with Crippen LogP contribution < -0.4 is 5.32 Å². The van der Waals surface area contributed by atoms with Crippen molar-refractivity contribution in [1.82, 2.24) is 34.5 Å². The molecule has 0 bridgehead atoms. The molecule has 5 heterocycles. The minimum Gasteiger partial charge on any atom is -0.340 e. The van der Waals surface area contributed by atoms with E-state index in [1.165, 1.54) is 4.90 Å². The lowest BCUT2D eigenvalue weighted by molar-refractivity contribution is -0.113. The molecule has 0 aliphatic carbocycles. The van der Waals surface area contributed by atoms with E-state index < -0.39 is 24.9 Å². The lowest BCUT2D eigenvalue weighted by Gasteiger charge is -2.38. The highest BCUT2D eigenvalue weighted by atomic mass is 19.3. The van der Waals surface area contributed by atoms with Gasteiger partial charge in [0.2, 0.25) is 0 Å². The molecule has 1 amide bonds. The van der Waals surface area contributed by atoms with Gasteiger partial charge in [0.05, 0.1) is 25.0 Å². The van der Waals surface area contributed by atoms with Crippen LogP contribution in [0.5, 0.6) is 0 Å². The molecule has 2 N–H and O–H groups in total. The molecular formula is C29H26F2N8O. The lowest BCUT2D eigenvalue weighted by atomic mass is 10.1. The van der Waals surface area contributed by atoms with Gasteiger partial charge >= 0.3 is 0 Å². The smallest absolute Gasteiger partial charge is 0.282 e. The van der Waals surface area contributed by atoms with Crippen molar-refractivity contribution in [3.8, 4) is 22.5 Å². The number of fused-ring (bicyclic) bond motifs is 2. The molecule has 2 aliphatic heterocycles. The average Bonchev–Trinajstić information content (AvgIpc) is 3.66. The van der Waals surface area contributed by atoms with Crippen LogP contribution >= 0.6 is 0 Å². The van der Waals surface area contributed by atoms with Crippen LogP contribution in [0.3, 0.4) is 0 Å². The normalized spacial score (nSPS) is 16.2. The summed E-state index contributed by atoms with van der Waals surface area (Å²) in [6.45, 7) is 0.364. The highest BCUT2D eigenvalue weighted by molar-refractivity contribution is 6.00. The van der Waals surface area contributed by atoms with Crippen molar-refractivity contribution in [2.24, 2.45) is 7.05 Å². The van der Waals surface area contributed by atoms with Gasteiger partial charge in [-0.2, -0.15) is 5.10 Å². The number of amides is 1. The summed E-state index contributed by atoms with van der Waals surface area (Å²) < 4.78 is 28.4. The Morgan fingerprint density at radius 3 is 2.48 bits per heavy atom. The van der Waals surface area contributed by atoms with Crippen LogP contribution in [0.1, 0.15) is 21.7 Å². The summed E-state index contributed by atoms with van der Waals surface area (Å²) in [5.74, 6) is -1.87. The molecule has 7 rings (SSSR count). The average molecular weight is 541 g/mol. The predicted octanol–water partition coefficient (Wildman–Crippen LogP) is 4.81. The second-order valence-corrected chi connectivity index (χ2v) is 10.6. The molecule has 40 heavy (non-hydrogen) atoms. The van der Waals surface area contributed by atoms with E-state index >= 15 is 0 Å². The lowest BCUT2D eigenvalue weighted by Crippen LogP contribution is -2.58. The monoisotopic (exact) mass is 540 g/mol. The third-order valence-corrected chi connectivity index (χ3v) is 7.57. The number of aryl methyl sites for hydroxylation is 1. The number of likely N-dealkylation sites (tertiary alicyclic amines) is 1. The third kappa shape index (κ3) is 4.19. The summed E-state index contributed by atoms with van der Waals surface area (Å²) in [7, 11) is 3.82. The molecule has 2 aliphatic rings. The van der Waals surface area contributed by atoms with E-state index in [-0.39, 0.29) is 0 Å². The first-order valence-corrected chi connectivity index (χ1v) is 13.0. The molecular weight excluding hydrogens is 514 g/mol. The van der Waals surface area contributed by atoms with E-state index in [4.69, 9.17) is 9.97 Å². The zero-order valence-electron chi connectivity index (χ0n) is 21.9. The third-order valence-electron chi connectivity index (χ3n) is 7.57. The maximum absolute atomic E-state index is 13.3. The Hall–Kier alpha value is -4.64. The summed E-state index contributed by atoms with van der Waals surface area (Å²) in [5.41, 5.74) is 6.99. The van der Waals surface area contributed by atoms with Gasteiger partial charge in [0, 0.05) is 59.6 Å². The molecule has 0 saturated carbocycles. The van der Waals surface area contributed by atoms with Crippen molar-refractivity contribution >= 4 is 28.3 Å². The van der Waals surface area contributed by atoms with Gasteiger partial charge in [0.15, 0.2) is 5.82 Å². The minimum absolute atomic E-state index is 0.375. The number of alkyl halides is 2. The summed E-state index contributed by atoms with van der Waals surface area (Å²) >= 11 is 0. The fourth-order valence-corrected chi connectivity index (χ4v) is 5.42. The molecule has 5 aromatic rings. The summed E-state index contributed by atoms with van der Waals surface area (Å²) in [4.78, 5) is 26.0. The Morgan fingerprint density at radius 1 is 0.975 bits per heavy atom. The van der Waals surface area contributed by atoms with Gasteiger partial charge in [0.1, 0.15) is 11.5 Å². The number of hydrogen-bond donors (Lipinski definition) is 2. The number of hydrogen-bond acceptors (Lipinski definition) is 6. The van der Waals surface area contributed by atoms with Crippen LogP contribution in [0, 0.1) is 0 Å². The predicted molar refractivity (Wildman–Crippen MR) is 147 cm³/mol. The molecule has 0 unspecified atom stereocenters. The number of benzene rings is 2. The molecule has 0 radical (unpaired) electrons. The Labute approximate surface area is 228 Å². The van der Waals surface area contributed by atoms with Crippen LogP contribution in [-0.2, 0) is 20.1 Å². The summed E-state index contributed by atoms with van der Waals surface area (Å²) in [6.07, 6.45) is 3.64. The number of anilines is 2. The molecule has 0 spiro atoms. The van der Waals surface area contributed by atoms with Crippen molar-refractivity contribution in [2.75, 3.05) is 25.5 Å². The standard InChI is InChI=1S/C29H26F2N8O/c1-37-13-22-23(14-37)35-26(36-27(22)34-21-7-5-17(6-8-21)20-11-32-33-12-20)19-4-3-18-9-25(38(2)24(18)10-19)28(40)39-15-29(30,31)16-39/h3-12H,13-16H2,1-2H3,(H,32,33)(H,34,35,36). The number of H-pyrrole nitrogens is 1. The fourth-order valence-electron chi connectivity index (χ4n) is 5.42. The number of nitrogens with one attached hydrogen (secondary N) is 2. The largest absolute Gasteiger partial charge is 0.340 e. The number of aromatic nitrogens is 5. The molecule has 202 valence electrons.